The number of nitrogens with zero attached hydrogens (tertiary/aromatic N) is 4. The molecule has 1 fully saturated rings. The molecule has 4 aromatic rings. The summed E-state index contributed by atoms with van der Waals surface area (Å²) in [6, 6.07) is 16.2. The van der Waals surface area contributed by atoms with Crippen LogP contribution >= 0.6 is 11.6 Å². The average Bonchev–Trinajstić information content (AvgIpc) is 2.90. The zero-order valence-electron chi connectivity index (χ0n) is 20.1. The first-order valence-electron chi connectivity index (χ1n) is 11.7. The highest BCUT2D eigenvalue weighted by molar-refractivity contribution is 6.32. The fourth-order valence-electron chi connectivity index (χ4n) is 3.82. The summed E-state index contributed by atoms with van der Waals surface area (Å²) in [6.45, 7) is 4.43. The molecular weight excluding hydrogens is 508 g/mol. The van der Waals surface area contributed by atoms with Crippen molar-refractivity contribution in [1.82, 2.24) is 19.9 Å². The second kappa shape index (κ2) is 11.1. The minimum absolute atomic E-state index is 0.187. The Hall–Kier alpha value is -4.70. The fourth-order valence-corrected chi connectivity index (χ4v) is 4.06. The molecular formula is C27H23ClN6O4. The van der Waals surface area contributed by atoms with Crippen LogP contribution in [-0.4, -0.2) is 51.0 Å². The van der Waals surface area contributed by atoms with E-state index in [1.54, 1.807) is 41.4 Å². The van der Waals surface area contributed by atoms with Crippen molar-refractivity contribution in [3.8, 4) is 5.75 Å². The summed E-state index contributed by atoms with van der Waals surface area (Å²) in [4.78, 5) is 38.3. The lowest BCUT2D eigenvalue weighted by Crippen LogP contribution is -2.55. The Kier molecular flexibility index (Phi) is 7.32. The molecule has 0 radical (unpaired) electrons. The molecule has 0 bridgehead atoms. The predicted octanol–water partition coefficient (Wildman–Crippen LogP) is 4.95. The highest BCUT2D eigenvalue weighted by Gasteiger charge is 2.32. The SMILES string of the molecule is C=CC(=O)N1CC(OC(=O)Nc2ccc3ncnc(Nc4ccc(OCc5ccccn5)c(Cl)c4)c3c2)C1. The summed E-state index contributed by atoms with van der Waals surface area (Å²) in [7, 11) is 0. The van der Waals surface area contributed by atoms with E-state index in [9.17, 15) is 9.59 Å². The van der Waals surface area contributed by atoms with Crippen LogP contribution in [0.15, 0.2) is 79.8 Å². The normalized spacial score (nSPS) is 12.9. The first-order valence-corrected chi connectivity index (χ1v) is 12.1. The number of anilines is 3. The number of carbonyl (C=O) groups is 2. The summed E-state index contributed by atoms with van der Waals surface area (Å²) in [5.74, 6) is 0.874. The topological polar surface area (TPSA) is 119 Å². The van der Waals surface area contributed by atoms with Gasteiger partial charge in [-0.05, 0) is 54.6 Å². The number of halogens is 1. The van der Waals surface area contributed by atoms with Gasteiger partial charge in [-0.15, -0.1) is 0 Å². The molecule has 11 heteroatoms. The van der Waals surface area contributed by atoms with E-state index in [-0.39, 0.29) is 12.0 Å². The van der Waals surface area contributed by atoms with Gasteiger partial charge in [-0.1, -0.05) is 24.2 Å². The van der Waals surface area contributed by atoms with Gasteiger partial charge in [0.1, 0.15) is 30.6 Å². The van der Waals surface area contributed by atoms with Crippen LogP contribution in [0.3, 0.4) is 0 Å². The molecule has 3 heterocycles. The van der Waals surface area contributed by atoms with Crippen LogP contribution in [0.1, 0.15) is 5.69 Å². The van der Waals surface area contributed by atoms with Gasteiger partial charge in [0, 0.05) is 23.0 Å². The Morgan fingerprint density at radius 2 is 1.92 bits per heavy atom. The van der Waals surface area contributed by atoms with Crippen LogP contribution in [0.25, 0.3) is 10.9 Å². The molecule has 38 heavy (non-hydrogen) atoms. The fraction of sp³-hybridized carbons (Fsp3) is 0.148. The molecule has 0 aliphatic carbocycles. The molecule has 2 aromatic carbocycles. The number of pyridine rings is 1. The number of amides is 2. The standard InChI is InChI=1S/C27H23ClN6O4/c1-2-25(35)34-13-20(14-34)38-27(36)33-17-6-8-23-21(11-17)26(31-16-30-23)32-18-7-9-24(22(28)12-18)37-15-19-5-3-4-10-29-19/h2-12,16,20H,1,13-15H2,(H,33,36)(H,30,31,32). The molecule has 2 amide bonds. The Balaban J connectivity index is 1.24. The van der Waals surface area contributed by atoms with Crippen LogP contribution in [0.4, 0.5) is 22.0 Å². The van der Waals surface area contributed by atoms with Crippen LogP contribution < -0.4 is 15.4 Å². The molecule has 2 N–H and O–H groups in total. The molecule has 10 nitrogen and oxygen atoms in total. The highest BCUT2D eigenvalue weighted by atomic mass is 35.5. The molecule has 0 atom stereocenters. The molecule has 2 aromatic heterocycles. The number of nitrogens with one attached hydrogen (secondary N) is 2. The first-order chi connectivity index (χ1) is 18.5. The third kappa shape index (κ3) is 5.81. The summed E-state index contributed by atoms with van der Waals surface area (Å²) in [5.41, 5.74) is 2.68. The number of fused-ring (bicyclic) bond motifs is 1. The molecule has 1 aliphatic heterocycles. The van der Waals surface area contributed by atoms with E-state index >= 15 is 0 Å². The van der Waals surface area contributed by atoms with E-state index in [0.717, 1.165) is 5.69 Å². The van der Waals surface area contributed by atoms with Gasteiger partial charge in [0.05, 0.1) is 29.3 Å². The molecule has 1 aliphatic rings. The summed E-state index contributed by atoms with van der Waals surface area (Å²) in [5, 5.41) is 7.08. The van der Waals surface area contributed by atoms with Gasteiger partial charge in [0.15, 0.2) is 0 Å². The number of aromatic nitrogens is 3. The van der Waals surface area contributed by atoms with Crippen molar-refractivity contribution in [1.29, 1.82) is 0 Å². The molecule has 192 valence electrons. The predicted molar refractivity (Wildman–Crippen MR) is 144 cm³/mol. The second-order valence-electron chi connectivity index (χ2n) is 8.43. The van der Waals surface area contributed by atoms with Crippen LogP contribution in [0.2, 0.25) is 5.02 Å². The highest BCUT2D eigenvalue weighted by Crippen LogP contribution is 2.31. The first kappa shape index (κ1) is 25.0. The Morgan fingerprint density at radius 1 is 1.08 bits per heavy atom. The number of rotatable bonds is 8. The minimum atomic E-state index is -0.612. The van der Waals surface area contributed by atoms with E-state index in [0.29, 0.717) is 58.6 Å². The van der Waals surface area contributed by atoms with Gasteiger partial charge >= 0.3 is 6.09 Å². The number of hydrogen-bond donors (Lipinski definition) is 2. The van der Waals surface area contributed by atoms with Crippen molar-refractivity contribution in [3.63, 3.8) is 0 Å². The van der Waals surface area contributed by atoms with E-state index in [4.69, 9.17) is 21.1 Å². The quantitative estimate of drug-likeness (QED) is 0.307. The lowest BCUT2D eigenvalue weighted by molar-refractivity contribution is -0.135. The van der Waals surface area contributed by atoms with Gasteiger partial charge in [0.25, 0.3) is 0 Å². The van der Waals surface area contributed by atoms with Gasteiger partial charge < -0.3 is 19.7 Å². The number of carbonyl (C=O) groups excluding carboxylic acids is 2. The van der Waals surface area contributed by atoms with E-state index < -0.39 is 6.09 Å². The molecule has 0 spiro atoms. The molecule has 0 unspecified atom stereocenters. The average molecular weight is 531 g/mol. The second-order valence-corrected chi connectivity index (χ2v) is 8.84. The lowest BCUT2D eigenvalue weighted by atomic mass is 10.1. The van der Waals surface area contributed by atoms with Gasteiger partial charge in [-0.3, -0.25) is 15.1 Å². The number of ether oxygens (including phenoxy) is 2. The van der Waals surface area contributed by atoms with Gasteiger partial charge in [-0.25, -0.2) is 14.8 Å². The lowest BCUT2D eigenvalue weighted by Gasteiger charge is -2.37. The number of benzene rings is 2. The minimum Gasteiger partial charge on any atom is -0.486 e. The molecule has 1 saturated heterocycles. The largest absolute Gasteiger partial charge is 0.486 e. The summed E-state index contributed by atoms with van der Waals surface area (Å²) >= 11 is 6.45. The van der Waals surface area contributed by atoms with Crippen molar-refractivity contribution >= 4 is 51.7 Å². The smallest absolute Gasteiger partial charge is 0.412 e. The van der Waals surface area contributed by atoms with Gasteiger partial charge in [0.2, 0.25) is 5.91 Å². The van der Waals surface area contributed by atoms with Crippen LogP contribution in [-0.2, 0) is 16.1 Å². The maximum absolute atomic E-state index is 12.4. The van der Waals surface area contributed by atoms with Crippen molar-refractivity contribution in [3.05, 3.63) is 90.5 Å². The van der Waals surface area contributed by atoms with Crippen molar-refractivity contribution in [2.24, 2.45) is 0 Å². The van der Waals surface area contributed by atoms with Crippen molar-refractivity contribution < 1.29 is 19.1 Å². The third-order valence-electron chi connectivity index (χ3n) is 5.79. The van der Waals surface area contributed by atoms with E-state index in [2.05, 4.69) is 32.2 Å². The van der Waals surface area contributed by atoms with E-state index in [1.165, 1.54) is 12.4 Å². The van der Waals surface area contributed by atoms with Crippen molar-refractivity contribution in [2.75, 3.05) is 23.7 Å². The van der Waals surface area contributed by atoms with Crippen molar-refractivity contribution in [2.45, 2.75) is 12.7 Å². The third-order valence-corrected chi connectivity index (χ3v) is 6.08. The van der Waals surface area contributed by atoms with Crippen LogP contribution in [0.5, 0.6) is 5.75 Å². The maximum Gasteiger partial charge on any atom is 0.412 e. The summed E-state index contributed by atoms with van der Waals surface area (Å²) < 4.78 is 11.2. The molecule has 0 saturated carbocycles. The zero-order chi connectivity index (χ0) is 26.5. The van der Waals surface area contributed by atoms with E-state index in [1.807, 2.05) is 24.3 Å². The number of likely N-dealkylation sites (tertiary alicyclic amines) is 1. The Labute approximate surface area is 223 Å². The number of hydrogen-bond acceptors (Lipinski definition) is 8. The maximum atomic E-state index is 12.4. The zero-order valence-corrected chi connectivity index (χ0v) is 20.9. The monoisotopic (exact) mass is 530 g/mol. The van der Waals surface area contributed by atoms with Crippen LogP contribution in [0, 0.1) is 0 Å². The Morgan fingerprint density at radius 3 is 2.68 bits per heavy atom. The Bertz CT molecular complexity index is 1490. The van der Waals surface area contributed by atoms with Gasteiger partial charge in [-0.2, -0.15) is 0 Å². The summed E-state index contributed by atoms with van der Waals surface area (Å²) in [6.07, 6.45) is 3.42. The molecule has 5 rings (SSSR count).